The lowest BCUT2D eigenvalue weighted by molar-refractivity contribution is -0.127. The van der Waals surface area contributed by atoms with E-state index in [2.05, 4.69) is 24.1 Å². The maximum absolute atomic E-state index is 12.2. The van der Waals surface area contributed by atoms with Crippen molar-refractivity contribution in [1.29, 1.82) is 0 Å². The Morgan fingerprint density at radius 3 is 2.15 bits per heavy atom. The second-order valence-electron chi connectivity index (χ2n) is 5.85. The Morgan fingerprint density at radius 2 is 1.70 bits per heavy atom. The molecule has 0 bridgehead atoms. The highest BCUT2D eigenvalue weighted by Crippen LogP contribution is 2.14. The van der Waals surface area contributed by atoms with Crippen molar-refractivity contribution < 1.29 is 4.79 Å². The summed E-state index contributed by atoms with van der Waals surface area (Å²) in [4.78, 5) is 14.4. The average Bonchev–Trinajstić information content (AvgIpc) is 2.36. The van der Waals surface area contributed by atoms with Gasteiger partial charge in [-0.05, 0) is 52.3 Å². The molecule has 3 N–H and O–H groups in total. The minimum Gasteiger partial charge on any atom is -0.399 e. The zero-order valence-electron chi connectivity index (χ0n) is 13.2. The fourth-order valence-electron chi connectivity index (χ4n) is 2.16. The van der Waals surface area contributed by atoms with Crippen molar-refractivity contribution in [3.05, 3.63) is 29.8 Å². The van der Waals surface area contributed by atoms with E-state index in [1.54, 1.807) is 0 Å². The quantitative estimate of drug-likeness (QED) is 0.785. The van der Waals surface area contributed by atoms with Gasteiger partial charge >= 0.3 is 0 Å². The van der Waals surface area contributed by atoms with E-state index in [1.165, 1.54) is 0 Å². The molecule has 0 aliphatic rings. The Labute approximate surface area is 122 Å². The highest BCUT2D eigenvalue weighted by atomic mass is 16.2. The van der Waals surface area contributed by atoms with Crippen molar-refractivity contribution in [2.45, 2.75) is 59.3 Å². The minimum absolute atomic E-state index is 0.0733. The van der Waals surface area contributed by atoms with Gasteiger partial charge in [0, 0.05) is 24.3 Å². The highest BCUT2D eigenvalue weighted by Gasteiger charge is 2.24. The number of amides is 1. The number of rotatable bonds is 6. The van der Waals surface area contributed by atoms with Gasteiger partial charge in [-0.15, -0.1) is 0 Å². The average molecular weight is 277 g/mol. The summed E-state index contributed by atoms with van der Waals surface area (Å²) in [6.45, 7) is 10.9. The summed E-state index contributed by atoms with van der Waals surface area (Å²) in [5.74, 6) is 0.0733. The van der Waals surface area contributed by atoms with E-state index in [-0.39, 0.29) is 18.0 Å². The van der Waals surface area contributed by atoms with Crippen molar-refractivity contribution in [3.63, 3.8) is 0 Å². The van der Waals surface area contributed by atoms with Crippen molar-refractivity contribution in [2.75, 3.05) is 5.73 Å². The van der Waals surface area contributed by atoms with Crippen LogP contribution < -0.4 is 11.1 Å². The first kappa shape index (κ1) is 16.5. The second kappa shape index (κ2) is 7.29. The number of nitrogens with two attached hydrogens (primary N) is 1. The lowest BCUT2D eigenvalue weighted by atomic mass is 10.1. The van der Waals surface area contributed by atoms with E-state index < -0.39 is 0 Å². The van der Waals surface area contributed by atoms with Crippen LogP contribution in [0.5, 0.6) is 0 Å². The van der Waals surface area contributed by atoms with Gasteiger partial charge < -0.3 is 11.1 Å². The molecule has 1 aromatic carbocycles. The number of carbonyl (C=O) groups excluding carboxylic acids is 1. The molecule has 0 saturated carbocycles. The summed E-state index contributed by atoms with van der Waals surface area (Å²) < 4.78 is 0. The third-order valence-corrected chi connectivity index (χ3v) is 3.32. The molecular formula is C16H27N3O. The molecule has 0 spiro atoms. The fraction of sp³-hybridized carbons (Fsp3) is 0.562. The van der Waals surface area contributed by atoms with Gasteiger partial charge in [-0.25, -0.2) is 0 Å². The number of benzene rings is 1. The monoisotopic (exact) mass is 277 g/mol. The van der Waals surface area contributed by atoms with Crippen molar-refractivity contribution >= 4 is 11.6 Å². The molecular weight excluding hydrogens is 250 g/mol. The van der Waals surface area contributed by atoms with Crippen molar-refractivity contribution in [1.82, 2.24) is 10.2 Å². The first-order chi connectivity index (χ1) is 9.31. The number of hydrogen-bond acceptors (Lipinski definition) is 3. The molecule has 1 rings (SSSR count). The molecule has 4 nitrogen and oxygen atoms in total. The van der Waals surface area contributed by atoms with Gasteiger partial charge in [-0.3, -0.25) is 9.69 Å². The van der Waals surface area contributed by atoms with Crippen LogP contribution in [0.2, 0.25) is 0 Å². The van der Waals surface area contributed by atoms with Gasteiger partial charge in [0.1, 0.15) is 0 Å². The maximum atomic E-state index is 12.2. The molecule has 0 radical (unpaired) electrons. The normalized spacial score (nSPS) is 13.0. The van der Waals surface area contributed by atoms with Gasteiger partial charge in [0.25, 0.3) is 0 Å². The summed E-state index contributed by atoms with van der Waals surface area (Å²) in [6, 6.07) is 8.11. The SMILES string of the molecule is CC(C)NC(=O)C(C)N(Cc1ccc(N)cc1)C(C)C. The van der Waals surface area contributed by atoms with Crippen molar-refractivity contribution in [3.8, 4) is 0 Å². The number of anilines is 1. The molecule has 0 aromatic heterocycles. The Hall–Kier alpha value is -1.55. The third kappa shape index (κ3) is 4.85. The molecule has 0 saturated heterocycles. The first-order valence-corrected chi connectivity index (χ1v) is 7.21. The summed E-state index contributed by atoms with van der Waals surface area (Å²) >= 11 is 0. The standard InChI is InChI=1S/C16H27N3O/c1-11(2)18-16(20)13(5)19(12(3)4)10-14-6-8-15(17)9-7-14/h6-9,11-13H,10,17H2,1-5H3,(H,18,20). The van der Waals surface area contributed by atoms with E-state index in [4.69, 9.17) is 5.73 Å². The van der Waals surface area contributed by atoms with Crippen molar-refractivity contribution in [2.24, 2.45) is 0 Å². The lowest BCUT2D eigenvalue weighted by Crippen LogP contribution is -2.49. The molecule has 0 heterocycles. The zero-order chi connectivity index (χ0) is 15.3. The Morgan fingerprint density at radius 1 is 1.15 bits per heavy atom. The van der Waals surface area contributed by atoms with E-state index >= 15 is 0 Å². The zero-order valence-corrected chi connectivity index (χ0v) is 13.2. The molecule has 112 valence electrons. The maximum Gasteiger partial charge on any atom is 0.237 e. The predicted molar refractivity (Wildman–Crippen MR) is 84.3 cm³/mol. The molecule has 0 fully saturated rings. The number of carbonyl (C=O) groups is 1. The Balaban J connectivity index is 2.78. The van der Waals surface area contributed by atoms with Crippen LogP contribution in [0.15, 0.2) is 24.3 Å². The van der Waals surface area contributed by atoms with Crippen LogP contribution in [0.4, 0.5) is 5.69 Å². The molecule has 20 heavy (non-hydrogen) atoms. The molecule has 1 unspecified atom stereocenters. The molecule has 1 aromatic rings. The van der Waals surface area contributed by atoms with Crippen LogP contribution in [0.3, 0.4) is 0 Å². The second-order valence-corrected chi connectivity index (χ2v) is 5.85. The van der Waals surface area contributed by atoms with E-state index in [0.29, 0.717) is 6.04 Å². The van der Waals surface area contributed by atoms with Crippen LogP contribution in [0.1, 0.15) is 40.2 Å². The van der Waals surface area contributed by atoms with Crippen LogP contribution >= 0.6 is 0 Å². The Bertz CT molecular complexity index is 426. The smallest absolute Gasteiger partial charge is 0.237 e. The van der Waals surface area contributed by atoms with Crippen LogP contribution in [-0.4, -0.2) is 28.9 Å². The van der Waals surface area contributed by atoms with E-state index in [1.807, 2.05) is 45.0 Å². The number of nitrogen functional groups attached to an aromatic ring is 1. The summed E-state index contributed by atoms with van der Waals surface area (Å²) in [6.07, 6.45) is 0. The summed E-state index contributed by atoms with van der Waals surface area (Å²) in [5, 5.41) is 2.97. The van der Waals surface area contributed by atoms with Gasteiger partial charge in [0.05, 0.1) is 6.04 Å². The topological polar surface area (TPSA) is 58.4 Å². The van der Waals surface area contributed by atoms with Crippen LogP contribution in [0, 0.1) is 0 Å². The predicted octanol–water partition coefficient (Wildman–Crippen LogP) is 2.39. The molecule has 1 amide bonds. The molecule has 0 aliphatic carbocycles. The molecule has 0 aliphatic heterocycles. The van der Waals surface area contributed by atoms with Gasteiger partial charge in [0.2, 0.25) is 5.91 Å². The number of nitrogens with zero attached hydrogens (tertiary/aromatic N) is 1. The van der Waals surface area contributed by atoms with E-state index in [0.717, 1.165) is 17.8 Å². The number of hydrogen-bond donors (Lipinski definition) is 2. The third-order valence-electron chi connectivity index (χ3n) is 3.32. The lowest BCUT2D eigenvalue weighted by Gasteiger charge is -2.32. The highest BCUT2D eigenvalue weighted by molar-refractivity contribution is 5.81. The van der Waals surface area contributed by atoms with Gasteiger partial charge in [-0.1, -0.05) is 12.1 Å². The minimum atomic E-state index is -0.157. The number of nitrogens with one attached hydrogen (secondary N) is 1. The first-order valence-electron chi connectivity index (χ1n) is 7.21. The summed E-state index contributed by atoms with van der Waals surface area (Å²) in [5.41, 5.74) is 7.63. The van der Waals surface area contributed by atoms with Crippen LogP contribution in [0.25, 0.3) is 0 Å². The van der Waals surface area contributed by atoms with Crippen LogP contribution in [-0.2, 0) is 11.3 Å². The van der Waals surface area contributed by atoms with Gasteiger partial charge in [-0.2, -0.15) is 0 Å². The fourth-order valence-corrected chi connectivity index (χ4v) is 2.16. The largest absolute Gasteiger partial charge is 0.399 e. The Kier molecular flexibility index (Phi) is 6.02. The molecule has 1 atom stereocenters. The van der Waals surface area contributed by atoms with Gasteiger partial charge in [0.15, 0.2) is 0 Å². The summed E-state index contributed by atoms with van der Waals surface area (Å²) in [7, 11) is 0. The molecule has 4 heteroatoms. The van der Waals surface area contributed by atoms with E-state index in [9.17, 15) is 4.79 Å².